The summed E-state index contributed by atoms with van der Waals surface area (Å²) in [6.45, 7) is 5.59. The normalized spacial score (nSPS) is 15.1. The number of anilines is 1. The van der Waals surface area contributed by atoms with Gasteiger partial charge in [-0.3, -0.25) is 0 Å². The molecule has 0 aliphatic carbocycles. The number of fused-ring (bicyclic) bond motifs is 1. The average Bonchev–Trinajstić information content (AvgIpc) is 2.18. The van der Waals surface area contributed by atoms with Crippen molar-refractivity contribution in [2.45, 2.75) is 12.8 Å². The maximum Gasteiger partial charge on any atom is 0.0530 e. The van der Waals surface area contributed by atoms with E-state index in [1.54, 1.807) is 0 Å². The van der Waals surface area contributed by atoms with Crippen LogP contribution in [0.5, 0.6) is 0 Å². The summed E-state index contributed by atoms with van der Waals surface area (Å²) in [7, 11) is 0. The number of rotatable bonds is 2. The van der Waals surface area contributed by atoms with Gasteiger partial charge in [-0.15, -0.1) is 0 Å². The lowest BCUT2D eigenvalue weighted by Gasteiger charge is -2.30. The summed E-state index contributed by atoms with van der Waals surface area (Å²) in [5, 5.41) is 0.710. The topological polar surface area (TPSA) is 3.24 Å². The number of para-hydroxylation sites is 1. The number of benzene rings is 1. The molecule has 1 nitrogen and oxygen atoms in total. The summed E-state index contributed by atoms with van der Waals surface area (Å²) in [4.78, 5) is 2.30. The molecule has 0 atom stereocenters. The minimum Gasteiger partial charge on any atom is -0.366 e. The predicted molar refractivity (Wildman–Crippen MR) is 62.0 cm³/mol. The first kappa shape index (κ1) is 9.60. The van der Waals surface area contributed by atoms with Crippen LogP contribution < -0.4 is 4.90 Å². The van der Waals surface area contributed by atoms with Crippen LogP contribution >= 0.6 is 11.6 Å². The van der Waals surface area contributed by atoms with Crippen LogP contribution in [0.25, 0.3) is 0 Å². The molecule has 2 heteroatoms. The predicted octanol–water partition coefficient (Wildman–Crippen LogP) is 3.19. The Labute approximate surface area is 90.0 Å². The van der Waals surface area contributed by atoms with E-state index in [-0.39, 0.29) is 0 Å². The van der Waals surface area contributed by atoms with Crippen LogP contribution in [-0.4, -0.2) is 13.1 Å². The zero-order chi connectivity index (χ0) is 9.97. The lowest BCUT2D eigenvalue weighted by Crippen LogP contribution is -2.30. The Bertz CT molecular complexity index is 346. The van der Waals surface area contributed by atoms with Gasteiger partial charge < -0.3 is 4.90 Å². The van der Waals surface area contributed by atoms with Gasteiger partial charge in [0.1, 0.15) is 0 Å². The molecule has 2 rings (SSSR count). The Hall–Kier alpha value is -0.950. The van der Waals surface area contributed by atoms with E-state index in [1.807, 2.05) is 0 Å². The van der Waals surface area contributed by atoms with Crippen LogP contribution in [0, 0.1) is 0 Å². The van der Waals surface area contributed by atoms with E-state index in [0.29, 0.717) is 5.03 Å². The average molecular weight is 208 g/mol. The van der Waals surface area contributed by atoms with Gasteiger partial charge >= 0.3 is 0 Å². The zero-order valence-electron chi connectivity index (χ0n) is 8.17. The molecule has 0 spiro atoms. The van der Waals surface area contributed by atoms with Crippen LogP contribution in [-0.2, 0) is 6.42 Å². The highest BCUT2D eigenvalue weighted by Gasteiger charge is 2.15. The second-order valence-corrected chi connectivity index (χ2v) is 4.21. The van der Waals surface area contributed by atoms with Crippen LogP contribution in [0.1, 0.15) is 12.0 Å². The van der Waals surface area contributed by atoms with Crippen molar-refractivity contribution < 1.29 is 0 Å². The molecule has 0 radical (unpaired) electrons. The van der Waals surface area contributed by atoms with Crippen LogP contribution in [0.3, 0.4) is 0 Å². The fourth-order valence-electron chi connectivity index (χ4n) is 1.98. The summed E-state index contributed by atoms with van der Waals surface area (Å²) < 4.78 is 0. The monoisotopic (exact) mass is 207 g/mol. The first-order chi connectivity index (χ1) is 6.77. The first-order valence-corrected chi connectivity index (χ1v) is 5.31. The van der Waals surface area contributed by atoms with E-state index < -0.39 is 0 Å². The quantitative estimate of drug-likeness (QED) is 0.720. The first-order valence-electron chi connectivity index (χ1n) is 4.93. The van der Waals surface area contributed by atoms with Crippen molar-refractivity contribution in [1.29, 1.82) is 0 Å². The number of nitrogens with zero attached hydrogens (tertiary/aromatic N) is 1. The van der Waals surface area contributed by atoms with Gasteiger partial charge in [0.2, 0.25) is 0 Å². The second-order valence-electron chi connectivity index (χ2n) is 3.67. The molecule has 1 aromatic rings. The van der Waals surface area contributed by atoms with Crippen LogP contribution in [0.4, 0.5) is 5.69 Å². The number of aryl methyl sites for hydroxylation is 1. The fraction of sp³-hybridized carbons (Fsp3) is 0.333. The van der Waals surface area contributed by atoms with Gasteiger partial charge in [-0.05, 0) is 24.5 Å². The Morgan fingerprint density at radius 2 is 2.21 bits per heavy atom. The van der Waals surface area contributed by atoms with E-state index in [9.17, 15) is 0 Å². The Morgan fingerprint density at radius 1 is 1.43 bits per heavy atom. The zero-order valence-corrected chi connectivity index (χ0v) is 8.93. The molecule has 0 saturated carbocycles. The van der Waals surface area contributed by atoms with E-state index in [1.165, 1.54) is 24.1 Å². The highest BCUT2D eigenvalue weighted by Crippen LogP contribution is 2.27. The molecule has 0 unspecified atom stereocenters. The van der Waals surface area contributed by atoms with Crippen molar-refractivity contribution in [1.82, 2.24) is 0 Å². The van der Waals surface area contributed by atoms with Crippen molar-refractivity contribution >= 4 is 17.3 Å². The molecule has 0 bridgehead atoms. The van der Waals surface area contributed by atoms with Gasteiger partial charge in [0.25, 0.3) is 0 Å². The molecule has 0 N–H and O–H groups in total. The van der Waals surface area contributed by atoms with Crippen molar-refractivity contribution in [2.75, 3.05) is 18.0 Å². The van der Waals surface area contributed by atoms with Crippen LogP contribution in [0.15, 0.2) is 35.9 Å². The summed E-state index contributed by atoms with van der Waals surface area (Å²) in [6.07, 6.45) is 2.39. The molecule has 0 fully saturated rings. The van der Waals surface area contributed by atoms with Crippen molar-refractivity contribution in [3.63, 3.8) is 0 Å². The molecular formula is C12H14ClN. The largest absolute Gasteiger partial charge is 0.366 e. The fourth-order valence-corrected chi connectivity index (χ4v) is 2.13. The SMILES string of the molecule is C=C(Cl)CN1CCCc2ccccc21. The van der Waals surface area contributed by atoms with Crippen LogP contribution in [0.2, 0.25) is 0 Å². The van der Waals surface area contributed by atoms with Crippen molar-refractivity contribution in [3.05, 3.63) is 41.4 Å². The Morgan fingerprint density at radius 3 is 3.00 bits per heavy atom. The minimum absolute atomic E-state index is 0.710. The lowest BCUT2D eigenvalue weighted by molar-refractivity contribution is 0.720. The summed E-state index contributed by atoms with van der Waals surface area (Å²) >= 11 is 5.84. The van der Waals surface area contributed by atoms with Gasteiger partial charge in [0.15, 0.2) is 0 Å². The van der Waals surface area contributed by atoms with E-state index in [4.69, 9.17) is 11.6 Å². The lowest BCUT2D eigenvalue weighted by atomic mass is 10.0. The van der Waals surface area contributed by atoms with Gasteiger partial charge in [-0.1, -0.05) is 36.4 Å². The second kappa shape index (κ2) is 4.05. The third-order valence-corrected chi connectivity index (χ3v) is 2.69. The maximum atomic E-state index is 5.84. The molecule has 1 aliphatic heterocycles. The van der Waals surface area contributed by atoms with Gasteiger partial charge in [0, 0.05) is 17.3 Å². The minimum atomic E-state index is 0.710. The van der Waals surface area contributed by atoms with E-state index >= 15 is 0 Å². The van der Waals surface area contributed by atoms with Crippen molar-refractivity contribution in [3.8, 4) is 0 Å². The van der Waals surface area contributed by atoms with Crippen molar-refractivity contribution in [2.24, 2.45) is 0 Å². The third kappa shape index (κ3) is 1.93. The molecular weight excluding hydrogens is 194 g/mol. The highest BCUT2D eigenvalue weighted by molar-refractivity contribution is 6.29. The summed E-state index contributed by atoms with van der Waals surface area (Å²) in [5.41, 5.74) is 2.75. The number of hydrogen-bond donors (Lipinski definition) is 0. The number of halogens is 1. The van der Waals surface area contributed by atoms with Gasteiger partial charge in [-0.25, -0.2) is 0 Å². The molecule has 1 aromatic carbocycles. The molecule has 1 heterocycles. The van der Waals surface area contributed by atoms with Gasteiger partial charge in [0.05, 0.1) is 6.54 Å². The Kier molecular flexibility index (Phi) is 2.78. The Balaban J connectivity index is 2.26. The van der Waals surface area contributed by atoms with E-state index in [0.717, 1.165) is 13.1 Å². The molecule has 74 valence electrons. The number of hydrogen-bond acceptors (Lipinski definition) is 1. The summed E-state index contributed by atoms with van der Waals surface area (Å²) in [5.74, 6) is 0. The molecule has 14 heavy (non-hydrogen) atoms. The highest BCUT2D eigenvalue weighted by atomic mass is 35.5. The molecule has 0 saturated heterocycles. The third-order valence-electron chi connectivity index (χ3n) is 2.57. The van der Waals surface area contributed by atoms with Gasteiger partial charge in [-0.2, -0.15) is 0 Å². The molecule has 0 amide bonds. The summed E-state index contributed by atoms with van der Waals surface area (Å²) in [6, 6.07) is 8.53. The standard InChI is InChI=1S/C12H14ClN/c1-10(13)9-14-8-4-6-11-5-2-3-7-12(11)14/h2-3,5,7H,1,4,6,8-9H2. The maximum absolute atomic E-state index is 5.84. The smallest absolute Gasteiger partial charge is 0.0530 e. The molecule has 0 aromatic heterocycles. The molecule has 1 aliphatic rings. The van der Waals surface area contributed by atoms with E-state index in [2.05, 4.69) is 35.7 Å².